The smallest absolute Gasteiger partial charge is 0.131 e. The first-order valence-corrected chi connectivity index (χ1v) is 7.12. The minimum Gasteiger partial charge on any atom is -0.489 e. The molecule has 1 heteroatoms. The largest absolute Gasteiger partial charge is 0.489 e. The number of rotatable bonds is 0. The third-order valence-electron chi connectivity index (χ3n) is 4.53. The Morgan fingerprint density at radius 1 is 0.889 bits per heavy atom. The van der Waals surface area contributed by atoms with Crippen molar-refractivity contribution in [1.82, 2.24) is 0 Å². The normalized spacial score (nSPS) is 26.2. The van der Waals surface area contributed by atoms with Crippen LogP contribution in [0.4, 0.5) is 0 Å². The van der Waals surface area contributed by atoms with E-state index in [1.165, 1.54) is 54.2 Å². The van der Waals surface area contributed by atoms with Crippen LogP contribution in [-0.2, 0) is 0 Å². The van der Waals surface area contributed by atoms with Crippen LogP contribution >= 0.6 is 0 Å². The van der Waals surface area contributed by atoms with Crippen molar-refractivity contribution in [2.24, 2.45) is 0 Å². The van der Waals surface area contributed by atoms with Crippen molar-refractivity contribution in [3.8, 4) is 5.75 Å². The molecule has 4 rings (SSSR count). The van der Waals surface area contributed by atoms with Gasteiger partial charge in [0.25, 0.3) is 0 Å². The molecule has 2 aliphatic rings. The van der Waals surface area contributed by atoms with E-state index in [9.17, 15) is 0 Å². The summed E-state index contributed by atoms with van der Waals surface area (Å²) in [6, 6.07) is 13.1. The van der Waals surface area contributed by atoms with Gasteiger partial charge in [-0.3, -0.25) is 0 Å². The second kappa shape index (κ2) is 4.01. The maximum Gasteiger partial charge on any atom is 0.131 e. The van der Waals surface area contributed by atoms with E-state index in [-0.39, 0.29) is 0 Å². The Morgan fingerprint density at radius 2 is 1.78 bits per heavy atom. The van der Waals surface area contributed by atoms with Crippen molar-refractivity contribution in [2.75, 3.05) is 0 Å². The number of ether oxygens (including phenoxy) is 1. The Balaban J connectivity index is 1.88. The predicted octanol–water partition coefficient (Wildman–Crippen LogP) is 4.65. The van der Waals surface area contributed by atoms with Gasteiger partial charge in [-0.15, -0.1) is 0 Å². The zero-order valence-corrected chi connectivity index (χ0v) is 10.6. The second-order valence-corrected chi connectivity index (χ2v) is 5.61. The highest BCUT2D eigenvalue weighted by Gasteiger charge is 2.35. The summed E-state index contributed by atoms with van der Waals surface area (Å²) < 4.78 is 6.30. The second-order valence-electron chi connectivity index (χ2n) is 5.61. The van der Waals surface area contributed by atoms with Crippen LogP contribution in [0.3, 0.4) is 0 Å². The minimum absolute atomic E-state index is 0.438. The lowest BCUT2D eigenvalue weighted by atomic mass is 9.90. The molecule has 18 heavy (non-hydrogen) atoms. The predicted molar refractivity (Wildman–Crippen MR) is 74.2 cm³/mol. The summed E-state index contributed by atoms with van der Waals surface area (Å²) in [5.74, 6) is 1.82. The van der Waals surface area contributed by atoms with E-state index in [1.54, 1.807) is 0 Å². The summed E-state index contributed by atoms with van der Waals surface area (Å²) in [6.45, 7) is 0. The van der Waals surface area contributed by atoms with Crippen LogP contribution in [0, 0.1) is 0 Å². The van der Waals surface area contributed by atoms with Crippen molar-refractivity contribution < 1.29 is 4.74 Å². The van der Waals surface area contributed by atoms with Crippen LogP contribution in [0.15, 0.2) is 36.4 Å². The standard InChI is InChI=1S/C17H18O/c1-2-8-14-15-11-10-12-6-4-5-7-13(12)17(15)18-16(14)9-3-1/h4-7,10-11,14,16H,1-3,8-9H2/t14-,16-/m1/s1. The molecule has 0 N–H and O–H groups in total. The molecule has 0 unspecified atom stereocenters. The van der Waals surface area contributed by atoms with Crippen molar-refractivity contribution in [1.29, 1.82) is 0 Å². The number of fused-ring (bicyclic) bond motifs is 5. The van der Waals surface area contributed by atoms with Gasteiger partial charge in [-0.05, 0) is 24.6 Å². The molecule has 92 valence electrons. The lowest BCUT2D eigenvalue weighted by molar-refractivity contribution is 0.198. The van der Waals surface area contributed by atoms with Crippen LogP contribution in [0.25, 0.3) is 10.8 Å². The van der Waals surface area contributed by atoms with Gasteiger partial charge in [-0.2, -0.15) is 0 Å². The fourth-order valence-corrected chi connectivity index (χ4v) is 3.61. The van der Waals surface area contributed by atoms with E-state index in [0.29, 0.717) is 12.0 Å². The first kappa shape index (κ1) is 10.4. The molecule has 0 aromatic heterocycles. The van der Waals surface area contributed by atoms with Crippen LogP contribution in [0.5, 0.6) is 5.75 Å². The third-order valence-corrected chi connectivity index (χ3v) is 4.53. The maximum absolute atomic E-state index is 6.30. The quantitative estimate of drug-likeness (QED) is 0.649. The van der Waals surface area contributed by atoms with Crippen molar-refractivity contribution in [2.45, 2.75) is 44.1 Å². The van der Waals surface area contributed by atoms with Gasteiger partial charge >= 0.3 is 0 Å². The highest BCUT2D eigenvalue weighted by atomic mass is 16.5. The van der Waals surface area contributed by atoms with Gasteiger partial charge in [0, 0.05) is 16.9 Å². The summed E-state index contributed by atoms with van der Waals surface area (Å²) in [6.07, 6.45) is 7.03. The van der Waals surface area contributed by atoms with Crippen molar-refractivity contribution >= 4 is 10.8 Å². The highest BCUT2D eigenvalue weighted by Crippen LogP contribution is 2.47. The van der Waals surface area contributed by atoms with Crippen LogP contribution < -0.4 is 4.74 Å². The summed E-state index contributed by atoms with van der Waals surface area (Å²) in [5.41, 5.74) is 1.46. The number of benzene rings is 2. The fourth-order valence-electron chi connectivity index (χ4n) is 3.61. The Bertz CT molecular complexity index is 587. The first-order chi connectivity index (χ1) is 8.93. The zero-order valence-electron chi connectivity index (χ0n) is 10.6. The van der Waals surface area contributed by atoms with Gasteiger partial charge in [0.15, 0.2) is 0 Å². The molecule has 1 saturated carbocycles. The van der Waals surface area contributed by atoms with E-state index in [0.717, 1.165) is 0 Å². The average molecular weight is 238 g/mol. The van der Waals surface area contributed by atoms with E-state index in [2.05, 4.69) is 36.4 Å². The van der Waals surface area contributed by atoms with Gasteiger partial charge in [0.05, 0.1) is 0 Å². The molecule has 2 atom stereocenters. The Labute approximate surface area is 108 Å². The SMILES string of the molecule is c1ccc2c3c(ccc2c1)[C@H]1CCCCC[C@H]1O3. The molecule has 1 fully saturated rings. The lowest BCUT2D eigenvalue weighted by Crippen LogP contribution is -2.16. The third kappa shape index (κ3) is 1.46. The van der Waals surface area contributed by atoms with Gasteiger partial charge in [-0.25, -0.2) is 0 Å². The molecular formula is C17H18O. The number of hydrogen-bond acceptors (Lipinski definition) is 1. The molecule has 1 aliphatic carbocycles. The molecule has 0 spiro atoms. The van der Waals surface area contributed by atoms with Gasteiger partial charge in [0.1, 0.15) is 11.9 Å². The molecule has 1 heterocycles. The average Bonchev–Trinajstić information content (AvgIpc) is 2.61. The lowest BCUT2D eigenvalue weighted by Gasteiger charge is -2.14. The van der Waals surface area contributed by atoms with Crippen LogP contribution in [0.1, 0.15) is 43.6 Å². The van der Waals surface area contributed by atoms with Crippen LogP contribution in [-0.4, -0.2) is 6.10 Å². The van der Waals surface area contributed by atoms with E-state index >= 15 is 0 Å². The highest BCUT2D eigenvalue weighted by molar-refractivity contribution is 5.90. The Kier molecular flexibility index (Phi) is 2.32. The molecule has 0 amide bonds. The van der Waals surface area contributed by atoms with Crippen LogP contribution in [0.2, 0.25) is 0 Å². The maximum atomic E-state index is 6.30. The molecule has 1 nitrogen and oxygen atoms in total. The first-order valence-electron chi connectivity index (χ1n) is 7.12. The summed E-state index contributed by atoms with van der Waals surface area (Å²) in [7, 11) is 0. The Morgan fingerprint density at radius 3 is 2.78 bits per heavy atom. The molecule has 0 saturated heterocycles. The monoisotopic (exact) mass is 238 g/mol. The van der Waals surface area contributed by atoms with E-state index in [4.69, 9.17) is 4.74 Å². The number of hydrogen-bond donors (Lipinski definition) is 0. The fraction of sp³-hybridized carbons (Fsp3) is 0.412. The summed E-state index contributed by atoms with van der Waals surface area (Å²) >= 11 is 0. The van der Waals surface area contributed by atoms with Crippen molar-refractivity contribution in [3.05, 3.63) is 42.0 Å². The zero-order chi connectivity index (χ0) is 11.9. The topological polar surface area (TPSA) is 9.23 Å². The Hall–Kier alpha value is -1.50. The molecule has 0 bridgehead atoms. The van der Waals surface area contributed by atoms with Gasteiger partial charge < -0.3 is 4.74 Å². The molecule has 1 aliphatic heterocycles. The summed E-state index contributed by atoms with van der Waals surface area (Å²) in [4.78, 5) is 0. The minimum atomic E-state index is 0.438. The molecule has 0 radical (unpaired) electrons. The molecular weight excluding hydrogens is 220 g/mol. The van der Waals surface area contributed by atoms with E-state index in [1.807, 2.05) is 0 Å². The van der Waals surface area contributed by atoms with Crippen molar-refractivity contribution in [3.63, 3.8) is 0 Å². The molecule has 2 aromatic carbocycles. The van der Waals surface area contributed by atoms with Gasteiger partial charge in [-0.1, -0.05) is 49.2 Å². The molecule has 2 aromatic rings. The van der Waals surface area contributed by atoms with E-state index < -0.39 is 0 Å². The van der Waals surface area contributed by atoms with Gasteiger partial charge in [0.2, 0.25) is 0 Å². The summed E-state index contributed by atoms with van der Waals surface area (Å²) in [5, 5.41) is 2.59.